The van der Waals surface area contributed by atoms with E-state index in [1.165, 1.54) is 4.90 Å². The van der Waals surface area contributed by atoms with E-state index in [4.69, 9.17) is 33.3 Å². The highest BCUT2D eigenvalue weighted by molar-refractivity contribution is 7.80. The largest absolute Gasteiger partial charge is 0.493 e. The van der Waals surface area contributed by atoms with Gasteiger partial charge in [-0.25, -0.2) is 0 Å². The van der Waals surface area contributed by atoms with Gasteiger partial charge < -0.3 is 14.8 Å². The van der Waals surface area contributed by atoms with E-state index < -0.39 is 0 Å². The highest BCUT2D eigenvalue weighted by Gasteiger charge is 2.31. The van der Waals surface area contributed by atoms with E-state index in [2.05, 4.69) is 5.32 Å². The molecule has 0 aromatic heterocycles. The minimum atomic E-state index is -0.202. The molecule has 0 spiro atoms. The van der Waals surface area contributed by atoms with Crippen LogP contribution < -0.4 is 14.8 Å². The highest BCUT2D eigenvalue weighted by atomic mass is 35.5. The van der Waals surface area contributed by atoms with Gasteiger partial charge in [0.1, 0.15) is 5.70 Å². The quantitative estimate of drug-likeness (QED) is 0.559. The molecule has 1 heterocycles. The lowest BCUT2D eigenvalue weighted by molar-refractivity contribution is -0.122. The Balaban J connectivity index is 1.82. The summed E-state index contributed by atoms with van der Waals surface area (Å²) in [5.41, 5.74) is 2.03. The molecule has 7 heteroatoms. The van der Waals surface area contributed by atoms with Crippen LogP contribution in [-0.4, -0.2) is 29.1 Å². The van der Waals surface area contributed by atoms with E-state index in [1.807, 2.05) is 50.2 Å². The molecular weight excluding hydrogens is 396 g/mol. The van der Waals surface area contributed by atoms with E-state index in [0.29, 0.717) is 33.9 Å². The maximum atomic E-state index is 12.8. The van der Waals surface area contributed by atoms with Crippen LogP contribution in [0, 0.1) is 0 Å². The first kappa shape index (κ1) is 20.2. The molecule has 1 N–H and O–H groups in total. The fourth-order valence-corrected chi connectivity index (χ4v) is 3.26. The van der Waals surface area contributed by atoms with Crippen molar-refractivity contribution in [1.82, 2.24) is 10.2 Å². The van der Waals surface area contributed by atoms with E-state index >= 15 is 0 Å². The van der Waals surface area contributed by atoms with Crippen LogP contribution in [0.1, 0.15) is 25.0 Å². The van der Waals surface area contributed by atoms with Gasteiger partial charge in [0, 0.05) is 5.02 Å². The number of hydrogen-bond acceptors (Lipinski definition) is 4. The number of hydrogen-bond donors (Lipinski definition) is 1. The molecule has 0 bridgehead atoms. The van der Waals surface area contributed by atoms with Crippen LogP contribution in [0.3, 0.4) is 0 Å². The molecule has 0 atom stereocenters. The zero-order valence-corrected chi connectivity index (χ0v) is 17.4. The van der Waals surface area contributed by atoms with Crippen molar-refractivity contribution >= 4 is 40.9 Å². The summed E-state index contributed by atoms with van der Waals surface area (Å²) in [7, 11) is 1.58. The summed E-state index contributed by atoms with van der Waals surface area (Å²) in [6.07, 6.45) is 1.77. The normalized spacial score (nSPS) is 15.3. The van der Waals surface area contributed by atoms with Crippen molar-refractivity contribution in [3.8, 4) is 11.5 Å². The molecule has 1 fully saturated rings. The maximum Gasteiger partial charge on any atom is 0.276 e. The second-order valence-electron chi connectivity index (χ2n) is 6.55. The molecule has 0 unspecified atom stereocenters. The molecule has 2 aromatic rings. The summed E-state index contributed by atoms with van der Waals surface area (Å²) in [5, 5.41) is 3.93. The Morgan fingerprint density at radius 2 is 1.96 bits per heavy atom. The van der Waals surface area contributed by atoms with Crippen LogP contribution >= 0.6 is 23.8 Å². The standard InChI is InChI=1S/C21H21ClN2O3S/c1-13(2)27-18-9-8-14(11-19(18)26-3)10-17-20(25)24(21(28)23-17)12-15-6-4-5-7-16(15)22/h4-11,13H,12H2,1-3H3,(H,23,28)/b17-10-. The van der Waals surface area contributed by atoms with Gasteiger partial charge in [-0.1, -0.05) is 35.9 Å². The molecule has 1 saturated heterocycles. The van der Waals surface area contributed by atoms with Gasteiger partial charge in [-0.05, 0) is 61.5 Å². The predicted molar refractivity (Wildman–Crippen MR) is 114 cm³/mol. The Morgan fingerprint density at radius 3 is 2.64 bits per heavy atom. The van der Waals surface area contributed by atoms with Crippen molar-refractivity contribution in [3.63, 3.8) is 0 Å². The van der Waals surface area contributed by atoms with Crippen molar-refractivity contribution in [2.24, 2.45) is 0 Å². The topological polar surface area (TPSA) is 50.8 Å². The zero-order valence-electron chi connectivity index (χ0n) is 15.9. The van der Waals surface area contributed by atoms with Gasteiger partial charge in [0.15, 0.2) is 16.6 Å². The molecule has 0 radical (unpaired) electrons. The first-order chi connectivity index (χ1) is 13.4. The molecule has 1 aliphatic rings. The summed E-state index contributed by atoms with van der Waals surface area (Å²) in [6.45, 7) is 4.21. The first-order valence-corrected chi connectivity index (χ1v) is 9.60. The van der Waals surface area contributed by atoms with E-state index in [9.17, 15) is 4.79 Å². The minimum absolute atomic E-state index is 0.0342. The van der Waals surface area contributed by atoms with Crippen molar-refractivity contribution in [2.45, 2.75) is 26.5 Å². The zero-order chi connectivity index (χ0) is 20.3. The Morgan fingerprint density at radius 1 is 1.21 bits per heavy atom. The molecule has 146 valence electrons. The van der Waals surface area contributed by atoms with Crippen LogP contribution in [0.25, 0.3) is 6.08 Å². The number of ether oxygens (including phenoxy) is 2. The van der Waals surface area contributed by atoms with E-state index in [0.717, 1.165) is 11.1 Å². The third kappa shape index (κ3) is 4.46. The fraction of sp³-hybridized carbons (Fsp3) is 0.238. The number of halogens is 1. The number of rotatable bonds is 6. The molecule has 0 aliphatic carbocycles. The molecule has 1 aliphatic heterocycles. The van der Waals surface area contributed by atoms with E-state index in [1.54, 1.807) is 19.3 Å². The van der Waals surface area contributed by atoms with Crippen molar-refractivity contribution in [1.29, 1.82) is 0 Å². The van der Waals surface area contributed by atoms with Gasteiger partial charge in [0.25, 0.3) is 5.91 Å². The average molecular weight is 417 g/mol. The van der Waals surface area contributed by atoms with Crippen LogP contribution in [-0.2, 0) is 11.3 Å². The molecule has 5 nitrogen and oxygen atoms in total. The highest BCUT2D eigenvalue weighted by Crippen LogP contribution is 2.30. The molecular formula is C21H21ClN2O3S. The Hall–Kier alpha value is -2.57. The molecule has 2 aromatic carbocycles. The third-order valence-corrected chi connectivity index (χ3v) is 4.80. The summed E-state index contributed by atoms with van der Waals surface area (Å²) in [4.78, 5) is 14.3. The number of carbonyl (C=O) groups excluding carboxylic acids is 1. The lowest BCUT2D eigenvalue weighted by Gasteiger charge is -2.15. The number of carbonyl (C=O) groups is 1. The van der Waals surface area contributed by atoms with Gasteiger partial charge in [-0.3, -0.25) is 9.69 Å². The smallest absolute Gasteiger partial charge is 0.276 e. The van der Waals surface area contributed by atoms with Crippen LogP contribution in [0.5, 0.6) is 11.5 Å². The first-order valence-electron chi connectivity index (χ1n) is 8.81. The SMILES string of the molecule is COc1cc(/C=C2\NC(=S)N(Cc3ccccc3Cl)C2=O)ccc1OC(C)C. The molecule has 0 saturated carbocycles. The number of methoxy groups -OCH3 is 1. The molecule has 1 amide bonds. The second-order valence-corrected chi connectivity index (χ2v) is 7.34. The minimum Gasteiger partial charge on any atom is -0.493 e. The van der Waals surface area contributed by atoms with Gasteiger partial charge in [0.05, 0.1) is 19.8 Å². The maximum absolute atomic E-state index is 12.8. The summed E-state index contributed by atoms with van der Waals surface area (Å²) in [6, 6.07) is 12.9. The number of nitrogens with zero attached hydrogens (tertiary/aromatic N) is 1. The van der Waals surface area contributed by atoms with E-state index in [-0.39, 0.29) is 12.0 Å². The van der Waals surface area contributed by atoms with Crippen LogP contribution in [0.15, 0.2) is 48.2 Å². The summed E-state index contributed by atoms with van der Waals surface area (Å²) >= 11 is 11.5. The number of benzene rings is 2. The van der Waals surface area contributed by atoms with Crippen LogP contribution in [0.2, 0.25) is 5.02 Å². The van der Waals surface area contributed by atoms with Crippen LogP contribution in [0.4, 0.5) is 0 Å². The van der Waals surface area contributed by atoms with Gasteiger partial charge >= 0.3 is 0 Å². The number of amides is 1. The fourth-order valence-electron chi connectivity index (χ4n) is 2.80. The lowest BCUT2D eigenvalue weighted by Crippen LogP contribution is -2.30. The summed E-state index contributed by atoms with van der Waals surface area (Å²) < 4.78 is 11.1. The molecule has 28 heavy (non-hydrogen) atoms. The summed E-state index contributed by atoms with van der Waals surface area (Å²) in [5.74, 6) is 1.05. The number of nitrogens with one attached hydrogen (secondary N) is 1. The Kier molecular flexibility index (Phi) is 6.21. The van der Waals surface area contributed by atoms with Gasteiger partial charge in [0.2, 0.25) is 0 Å². The van der Waals surface area contributed by atoms with Gasteiger partial charge in [-0.2, -0.15) is 0 Å². The van der Waals surface area contributed by atoms with Crippen molar-refractivity contribution < 1.29 is 14.3 Å². The van der Waals surface area contributed by atoms with Gasteiger partial charge in [-0.15, -0.1) is 0 Å². The monoisotopic (exact) mass is 416 g/mol. The Bertz CT molecular complexity index is 943. The van der Waals surface area contributed by atoms with Crippen molar-refractivity contribution in [2.75, 3.05) is 7.11 Å². The predicted octanol–water partition coefficient (Wildman–Crippen LogP) is 4.39. The Labute approximate surface area is 174 Å². The lowest BCUT2D eigenvalue weighted by atomic mass is 10.1. The van der Waals surface area contributed by atoms with Crippen molar-refractivity contribution in [3.05, 3.63) is 64.3 Å². The molecule has 3 rings (SSSR count). The second kappa shape index (κ2) is 8.63. The number of thiocarbonyl (C=S) groups is 1. The third-order valence-electron chi connectivity index (χ3n) is 4.11. The average Bonchev–Trinajstić information content (AvgIpc) is 2.91.